The second kappa shape index (κ2) is 9.21. The Hall–Kier alpha value is -3.34. The van der Waals surface area contributed by atoms with Crippen LogP contribution in [-0.2, 0) is 9.59 Å². The molecule has 3 aromatic rings. The maximum Gasteiger partial charge on any atom is 0.250 e. The van der Waals surface area contributed by atoms with Gasteiger partial charge in [0.15, 0.2) is 0 Å². The molecule has 2 N–H and O–H groups in total. The molecule has 160 valence electrons. The molecule has 1 aliphatic rings. The fourth-order valence-corrected chi connectivity index (χ4v) is 4.16. The highest BCUT2D eigenvalue weighted by Gasteiger charge is 2.29. The van der Waals surface area contributed by atoms with Crippen LogP contribution < -0.4 is 5.32 Å². The molecule has 4 rings (SSSR count). The SMILES string of the molecule is CC(C)CC(=O)NC(C(=O)N1CC=C(c2c[nH]c3ccccc23)CC1)c1ccccc1. The van der Waals surface area contributed by atoms with E-state index in [1.807, 2.05) is 67.4 Å². The van der Waals surface area contributed by atoms with Gasteiger partial charge in [-0.1, -0.05) is 68.5 Å². The Labute approximate surface area is 183 Å². The summed E-state index contributed by atoms with van der Waals surface area (Å²) in [5.74, 6) is 0.0879. The fraction of sp³-hybridized carbons (Fsp3) is 0.308. The third kappa shape index (κ3) is 4.71. The minimum Gasteiger partial charge on any atom is -0.361 e. The van der Waals surface area contributed by atoms with Crippen LogP contribution in [0.2, 0.25) is 0 Å². The van der Waals surface area contributed by atoms with Gasteiger partial charge in [0.25, 0.3) is 0 Å². The van der Waals surface area contributed by atoms with E-state index in [1.54, 1.807) is 0 Å². The van der Waals surface area contributed by atoms with Gasteiger partial charge in [-0.15, -0.1) is 0 Å². The van der Waals surface area contributed by atoms with Crippen molar-refractivity contribution in [1.29, 1.82) is 0 Å². The van der Waals surface area contributed by atoms with Gasteiger partial charge in [-0.3, -0.25) is 9.59 Å². The summed E-state index contributed by atoms with van der Waals surface area (Å²) in [6.07, 6.45) is 5.37. The summed E-state index contributed by atoms with van der Waals surface area (Å²) < 4.78 is 0. The topological polar surface area (TPSA) is 65.2 Å². The molecule has 0 radical (unpaired) electrons. The first-order valence-electron chi connectivity index (χ1n) is 10.9. The van der Waals surface area contributed by atoms with Crippen LogP contribution in [0.5, 0.6) is 0 Å². The van der Waals surface area contributed by atoms with Crippen molar-refractivity contribution in [3.8, 4) is 0 Å². The first kappa shape index (κ1) is 20.9. The summed E-state index contributed by atoms with van der Waals surface area (Å²) in [6.45, 7) is 5.17. The number of carbonyl (C=O) groups excluding carboxylic acids is 2. The summed E-state index contributed by atoms with van der Waals surface area (Å²) in [4.78, 5) is 31.0. The van der Waals surface area contributed by atoms with Crippen molar-refractivity contribution in [1.82, 2.24) is 15.2 Å². The van der Waals surface area contributed by atoms with Crippen molar-refractivity contribution in [2.45, 2.75) is 32.7 Å². The van der Waals surface area contributed by atoms with E-state index in [9.17, 15) is 9.59 Å². The van der Waals surface area contributed by atoms with E-state index in [0.717, 1.165) is 17.5 Å². The maximum absolute atomic E-state index is 13.4. The van der Waals surface area contributed by atoms with Crippen LogP contribution in [-0.4, -0.2) is 34.8 Å². The number of hydrogen-bond acceptors (Lipinski definition) is 2. The summed E-state index contributed by atoms with van der Waals surface area (Å²) in [7, 11) is 0. The van der Waals surface area contributed by atoms with E-state index >= 15 is 0 Å². The zero-order valence-corrected chi connectivity index (χ0v) is 18.1. The van der Waals surface area contributed by atoms with Crippen LogP contribution in [0.3, 0.4) is 0 Å². The van der Waals surface area contributed by atoms with Gasteiger partial charge in [-0.05, 0) is 29.5 Å². The van der Waals surface area contributed by atoms with Crippen molar-refractivity contribution in [2.24, 2.45) is 5.92 Å². The molecule has 0 saturated heterocycles. The lowest BCUT2D eigenvalue weighted by molar-refractivity contribution is -0.136. The molecular formula is C26H29N3O2. The van der Waals surface area contributed by atoms with Crippen molar-refractivity contribution < 1.29 is 9.59 Å². The molecule has 1 unspecified atom stereocenters. The molecular weight excluding hydrogens is 386 g/mol. The van der Waals surface area contributed by atoms with Crippen LogP contribution in [0.1, 0.15) is 43.9 Å². The number of aromatic amines is 1. The third-order valence-corrected chi connectivity index (χ3v) is 5.73. The van der Waals surface area contributed by atoms with Crippen LogP contribution in [0, 0.1) is 5.92 Å². The first-order valence-corrected chi connectivity index (χ1v) is 10.9. The largest absolute Gasteiger partial charge is 0.361 e. The number of fused-ring (bicyclic) bond motifs is 1. The van der Waals surface area contributed by atoms with Gasteiger partial charge in [0.05, 0.1) is 0 Å². The average Bonchev–Trinajstić information content (AvgIpc) is 3.21. The van der Waals surface area contributed by atoms with Crippen LogP contribution in [0.4, 0.5) is 0 Å². The first-order chi connectivity index (χ1) is 15.0. The van der Waals surface area contributed by atoms with Gasteiger partial charge in [0.1, 0.15) is 6.04 Å². The number of carbonyl (C=O) groups is 2. The number of nitrogens with one attached hydrogen (secondary N) is 2. The highest BCUT2D eigenvalue weighted by molar-refractivity contribution is 5.94. The third-order valence-electron chi connectivity index (χ3n) is 5.73. The molecule has 2 amide bonds. The Morgan fingerprint density at radius 3 is 2.52 bits per heavy atom. The molecule has 5 heteroatoms. The van der Waals surface area contributed by atoms with Crippen LogP contribution in [0.25, 0.3) is 16.5 Å². The second-order valence-electron chi connectivity index (χ2n) is 8.52. The van der Waals surface area contributed by atoms with E-state index in [0.29, 0.717) is 19.5 Å². The number of para-hydroxylation sites is 1. The van der Waals surface area contributed by atoms with Crippen molar-refractivity contribution >= 4 is 28.3 Å². The number of amides is 2. The molecule has 0 aliphatic carbocycles. The molecule has 1 atom stereocenters. The van der Waals surface area contributed by atoms with E-state index in [-0.39, 0.29) is 17.7 Å². The average molecular weight is 416 g/mol. The monoisotopic (exact) mass is 415 g/mol. The Morgan fingerprint density at radius 1 is 1.06 bits per heavy atom. The van der Waals surface area contributed by atoms with E-state index in [1.165, 1.54) is 16.5 Å². The summed E-state index contributed by atoms with van der Waals surface area (Å²) in [5, 5.41) is 4.17. The number of aromatic nitrogens is 1. The Bertz CT molecular complexity index is 1100. The van der Waals surface area contributed by atoms with Gasteiger partial charge in [-0.25, -0.2) is 0 Å². The molecule has 0 bridgehead atoms. The predicted octanol–water partition coefficient (Wildman–Crippen LogP) is 4.69. The summed E-state index contributed by atoms with van der Waals surface area (Å²) in [6, 6.07) is 17.1. The van der Waals surface area contributed by atoms with Crippen LogP contribution in [0.15, 0.2) is 66.9 Å². The molecule has 0 spiro atoms. The van der Waals surface area contributed by atoms with E-state index < -0.39 is 6.04 Å². The zero-order valence-electron chi connectivity index (χ0n) is 18.1. The lowest BCUT2D eigenvalue weighted by atomic mass is 9.97. The lowest BCUT2D eigenvalue weighted by Gasteiger charge is -2.30. The maximum atomic E-state index is 13.4. The van der Waals surface area contributed by atoms with Crippen molar-refractivity contribution in [3.63, 3.8) is 0 Å². The molecule has 2 aromatic carbocycles. The Morgan fingerprint density at radius 2 is 1.81 bits per heavy atom. The smallest absolute Gasteiger partial charge is 0.250 e. The van der Waals surface area contributed by atoms with Gasteiger partial charge in [0, 0.05) is 42.2 Å². The molecule has 0 fully saturated rings. The standard InChI is InChI=1S/C26H29N3O2/c1-18(2)16-24(30)28-25(20-8-4-3-5-9-20)26(31)29-14-12-19(13-15-29)22-17-27-23-11-7-6-10-21(22)23/h3-12,17-18,25,27H,13-16H2,1-2H3,(H,28,30). The van der Waals surface area contributed by atoms with Gasteiger partial charge in [-0.2, -0.15) is 0 Å². The highest BCUT2D eigenvalue weighted by Crippen LogP contribution is 2.30. The van der Waals surface area contributed by atoms with Crippen molar-refractivity contribution in [3.05, 3.63) is 78.0 Å². The number of benzene rings is 2. The summed E-state index contributed by atoms with van der Waals surface area (Å²) in [5.41, 5.74) is 4.39. The molecule has 1 aliphatic heterocycles. The number of rotatable bonds is 6. The van der Waals surface area contributed by atoms with Gasteiger partial charge >= 0.3 is 0 Å². The Kier molecular flexibility index (Phi) is 6.21. The number of nitrogens with zero attached hydrogens (tertiary/aromatic N) is 1. The normalized spacial score (nSPS) is 15.1. The van der Waals surface area contributed by atoms with Crippen LogP contribution >= 0.6 is 0 Å². The number of hydrogen-bond donors (Lipinski definition) is 2. The quantitative estimate of drug-likeness (QED) is 0.614. The molecule has 2 heterocycles. The Balaban J connectivity index is 1.52. The van der Waals surface area contributed by atoms with E-state index in [4.69, 9.17) is 0 Å². The molecule has 31 heavy (non-hydrogen) atoms. The van der Waals surface area contributed by atoms with E-state index in [2.05, 4.69) is 28.5 Å². The predicted molar refractivity (Wildman–Crippen MR) is 124 cm³/mol. The molecule has 5 nitrogen and oxygen atoms in total. The second-order valence-corrected chi connectivity index (χ2v) is 8.52. The minimum absolute atomic E-state index is 0.0578. The summed E-state index contributed by atoms with van der Waals surface area (Å²) >= 11 is 0. The van der Waals surface area contributed by atoms with Crippen molar-refractivity contribution in [2.75, 3.05) is 13.1 Å². The zero-order chi connectivity index (χ0) is 21.8. The number of H-pyrrole nitrogens is 1. The lowest BCUT2D eigenvalue weighted by Crippen LogP contribution is -2.44. The fourth-order valence-electron chi connectivity index (χ4n) is 4.16. The van der Waals surface area contributed by atoms with Gasteiger partial charge < -0.3 is 15.2 Å². The minimum atomic E-state index is -0.657. The molecule has 1 aromatic heterocycles. The molecule has 0 saturated carbocycles. The highest BCUT2D eigenvalue weighted by atomic mass is 16.2. The van der Waals surface area contributed by atoms with Gasteiger partial charge in [0.2, 0.25) is 11.8 Å².